The van der Waals surface area contributed by atoms with E-state index in [0.29, 0.717) is 6.54 Å². The molecule has 5 heteroatoms. The van der Waals surface area contributed by atoms with Crippen molar-refractivity contribution in [1.29, 1.82) is 0 Å². The molecule has 112 valence electrons. The molecule has 5 nitrogen and oxygen atoms in total. The SMILES string of the molecule is COC(=O)NC(=O)[C@H](C)N1CC=C(c2ccccc2)CC1. The maximum absolute atomic E-state index is 11.9. The molecule has 0 aromatic heterocycles. The van der Waals surface area contributed by atoms with Gasteiger partial charge in [-0.15, -0.1) is 0 Å². The highest BCUT2D eigenvalue weighted by Crippen LogP contribution is 2.22. The number of ether oxygens (including phenoxy) is 1. The molecule has 0 bridgehead atoms. The summed E-state index contributed by atoms with van der Waals surface area (Å²) in [5, 5.41) is 2.21. The second-order valence-electron chi connectivity index (χ2n) is 5.00. The van der Waals surface area contributed by atoms with Crippen LogP contribution in [0.15, 0.2) is 36.4 Å². The van der Waals surface area contributed by atoms with Crippen LogP contribution in [0.1, 0.15) is 18.9 Å². The Kier molecular flexibility index (Phi) is 5.11. The summed E-state index contributed by atoms with van der Waals surface area (Å²) in [6, 6.07) is 9.87. The molecule has 0 aliphatic carbocycles. The lowest BCUT2D eigenvalue weighted by Crippen LogP contribution is -2.48. The van der Waals surface area contributed by atoms with Crippen molar-refractivity contribution in [3.63, 3.8) is 0 Å². The summed E-state index contributed by atoms with van der Waals surface area (Å²) in [6.45, 7) is 3.27. The fourth-order valence-electron chi connectivity index (χ4n) is 2.37. The fraction of sp³-hybridized carbons (Fsp3) is 0.375. The molecule has 1 aromatic carbocycles. The predicted molar refractivity (Wildman–Crippen MR) is 80.6 cm³/mol. The number of benzene rings is 1. The van der Waals surface area contributed by atoms with Crippen LogP contribution < -0.4 is 5.32 Å². The quantitative estimate of drug-likeness (QED) is 0.924. The van der Waals surface area contributed by atoms with Gasteiger partial charge in [-0.25, -0.2) is 4.79 Å². The van der Waals surface area contributed by atoms with E-state index in [2.05, 4.69) is 28.3 Å². The summed E-state index contributed by atoms with van der Waals surface area (Å²) in [7, 11) is 1.24. The van der Waals surface area contributed by atoms with Crippen LogP contribution in [-0.4, -0.2) is 43.1 Å². The molecule has 0 radical (unpaired) electrons. The Labute approximate surface area is 124 Å². The third-order valence-corrected chi connectivity index (χ3v) is 3.72. The van der Waals surface area contributed by atoms with E-state index in [-0.39, 0.29) is 11.9 Å². The van der Waals surface area contributed by atoms with Gasteiger partial charge in [-0.1, -0.05) is 36.4 Å². The van der Waals surface area contributed by atoms with Gasteiger partial charge in [-0.2, -0.15) is 0 Å². The Balaban J connectivity index is 1.95. The summed E-state index contributed by atoms with van der Waals surface area (Å²) in [6.07, 6.45) is 2.31. The molecule has 0 unspecified atom stereocenters. The van der Waals surface area contributed by atoms with Crippen molar-refractivity contribution in [3.05, 3.63) is 42.0 Å². The molecular weight excluding hydrogens is 268 g/mol. The Bertz CT molecular complexity index is 540. The van der Waals surface area contributed by atoms with Crippen LogP contribution in [0.3, 0.4) is 0 Å². The number of alkyl carbamates (subject to hydrolysis) is 1. The molecule has 0 saturated heterocycles. The molecular formula is C16H20N2O3. The van der Waals surface area contributed by atoms with Crippen LogP contribution in [0.5, 0.6) is 0 Å². The lowest BCUT2D eigenvalue weighted by molar-refractivity contribution is -0.125. The van der Waals surface area contributed by atoms with Crippen LogP contribution in [-0.2, 0) is 9.53 Å². The first-order valence-corrected chi connectivity index (χ1v) is 6.99. The van der Waals surface area contributed by atoms with E-state index in [1.165, 1.54) is 18.2 Å². The number of nitrogens with zero attached hydrogens (tertiary/aromatic N) is 1. The third-order valence-electron chi connectivity index (χ3n) is 3.72. The van der Waals surface area contributed by atoms with E-state index in [1.54, 1.807) is 6.92 Å². The zero-order valence-corrected chi connectivity index (χ0v) is 12.3. The van der Waals surface area contributed by atoms with Gasteiger partial charge >= 0.3 is 6.09 Å². The summed E-state index contributed by atoms with van der Waals surface area (Å²) in [5.41, 5.74) is 2.52. The van der Waals surface area contributed by atoms with Gasteiger partial charge in [0.15, 0.2) is 0 Å². The van der Waals surface area contributed by atoms with Gasteiger partial charge in [0.2, 0.25) is 5.91 Å². The van der Waals surface area contributed by atoms with Crippen LogP contribution >= 0.6 is 0 Å². The summed E-state index contributed by atoms with van der Waals surface area (Å²) in [5.74, 6) is -0.335. The highest BCUT2D eigenvalue weighted by molar-refractivity contribution is 5.94. The van der Waals surface area contributed by atoms with Gasteiger partial charge in [-0.05, 0) is 24.5 Å². The van der Waals surface area contributed by atoms with Gasteiger partial charge in [-0.3, -0.25) is 15.0 Å². The lowest BCUT2D eigenvalue weighted by atomic mass is 9.99. The Morgan fingerprint density at radius 1 is 1.29 bits per heavy atom. The van der Waals surface area contributed by atoms with E-state index >= 15 is 0 Å². The fourth-order valence-corrected chi connectivity index (χ4v) is 2.37. The first-order chi connectivity index (χ1) is 10.1. The average Bonchev–Trinajstić information content (AvgIpc) is 2.55. The molecule has 1 aliphatic rings. The van der Waals surface area contributed by atoms with Crippen molar-refractivity contribution in [3.8, 4) is 0 Å². The van der Waals surface area contributed by atoms with E-state index < -0.39 is 6.09 Å². The average molecular weight is 288 g/mol. The van der Waals surface area contributed by atoms with Crippen molar-refractivity contribution >= 4 is 17.6 Å². The third kappa shape index (κ3) is 3.92. The summed E-state index contributed by atoms with van der Waals surface area (Å²) < 4.78 is 4.43. The minimum absolute atomic E-state index is 0.335. The highest BCUT2D eigenvalue weighted by atomic mass is 16.5. The molecule has 0 saturated carbocycles. The largest absolute Gasteiger partial charge is 0.453 e. The van der Waals surface area contributed by atoms with Crippen molar-refractivity contribution in [2.45, 2.75) is 19.4 Å². The van der Waals surface area contributed by atoms with Crippen molar-refractivity contribution < 1.29 is 14.3 Å². The maximum Gasteiger partial charge on any atom is 0.413 e. The number of methoxy groups -OCH3 is 1. The first kappa shape index (κ1) is 15.3. The first-order valence-electron chi connectivity index (χ1n) is 6.99. The monoisotopic (exact) mass is 288 g/mol. The summed E-state index contributed by atoms with van der Waals surface area (Å²) in [4.78, 5) is 25.0. The van der Waals surface area contributed by atoms with E-state index in [1.807, 2.05) is 23.1 Å². The molecule has 1 atom stereocenters. The second kappa shape index (κ2) is 7.04. The number of rotatable bonds is 3. The smallest absolute Gasteiger partial charge is 0.413 e. The van der Waals surface area contributed by atoms with Crippen molar-refractivity contribution in [1.82, 2.24) is 10.2 Å². The Hall–Kier alpha value is -2.14. The van der Waals surface area contributed by atoms with E-state index in [0.717, 1.165) is 13.0 Å². The zero-order valence-electron chi connectivity index (χ0n) is 12.3. The van der Waals surface area contributed by atoms with Crippen LogP contribution in [0.4, 0.5) is 4.79 Å². The molecule has 1 aromatic rings. The minimum Gasteiger partial charge on any atom is -0.453 e. The number of nitrogens with one attached hydrogen (secondary N) is 1. The van der Waals surface area contributed by atoms with Crippen molar-refractivity contribution in [2.24, 2.45) is 0 Å². The van der Waals surface area contributed by atoms with Crippen LogP contribution in [0.25, 0.3) is 5.57 Å². The second-order valence-corrected chi connectivity index (χ2v) is 5.00. The molecule has 21 heavy (non-hydrogen) atoms. The number of hydrogen-bond acceptors (Lipinski definition) is 4. The zero-order chi connectivity index (χ0) is 15.2. The van der Waals surface area contributed by atoms with E-state index in [9.17, 15) is 9.59 Å². The molecule has 0 fully saturated rings. The standard InChI is InChI=1S/C16H20N2O3/c1-12(15(19)17-16(20)21-2)18-10-8-14(9-11-18)13-6-4-3-5-7-13/h3-8,12H,9-11H2,1-2H3,(H,17,19,20)/t12-/m0/s1. The number of carbonyl (C=O) groups is 2. The highest BCUT2D eigenvalue weighted by Gasteiger charge is 2.24. The molecule has 1 N–H and O–H groups in total. The molecule has 0 spiro atoms. The van der Waals surface area contributed by atoms with Gasteiger partial charge in [0, 0.05) is 13.1 Å². The van der Waals surface area contributed by atoms with Crippen LogP contribution in [0, 0.1) is 0 Å². The van der Waals surface area contributed by atoms with Crippen molar-refractivity contribution in [2.75, 3.05) is 20.2 Å². The Morgan fingerprint density at radius 2 is 2.00 bits per heavy atom. The number of amides is 2. The topological polar surface area (TPSA) is 58.6 Å². The van der Waals surface area contributed by atoms with Gasteiger partial charge in [0.05, 0.1) is 13.2 Å². The van der Waals surface area contributed by atoms with Gasteiger partial charge in [0.25, 0.3) is 0 Å². The number of imide groups is 1. The molecule has 2 amide bonds. The van der Waals surface area contributed by atoms with E-state index in [4.69, 9.17) is 0 Å². The van der Waals surface area contributed by atoms with Gasteiger partial charge < -0.3 is 4.74 Å². The summed E-state index contributed by atoms with van der Waals surface area (Å²) >= 11 is 0. The molecule has 1 heterocycles. The lowest BCUT2D eigenvalue weighted by Gasteiger charge is -2.30. The number of hydrogen-bond donors (Lipinski definition) is 1. The van der Waals surface area contributed by atoms with Crippen LogP contribution in [0.2, 0.25) is 0 Å². The maximum atomic E-state index is 11.9. The molecule has 1 aliphatic heterocycles. The number of carbonyl (C=O) groups excluding carboxylic acids is 2. The minimum atomic E-state index is -0.718. The normalized spacial score (nSPS) is 16.8. The van der Waals surface area contributed by atoms with Gasteiger partial charge in [0.1, 0.15) is 0 Å². The predicted octanol–water partition coefficient (Wildman–Crippen LogP) is 2.05. The Morgan fingerprint density at radius 3 is 2.57 bits per heavy atom. The molecule has 2 rings (SSSR count).